The summed E-state index contributed by atoms with van der Waals surface area (Å²) in [7, 11) is 0. The Bertz CT molecular complexity index is 345. The minimum absolute atomic E-state index is 0. The van der Waals surface area contributed by atoms with E-state index in [1.807, 2.05) is 12.1 Å². The Balaban J connectivity index is 0.000000284. The fraction of sp³-hybridized carbons (Fsp3) is 0. The van der Waals surface area contributed by atoms with Crippen molar-refractivity contribution in [2.45, 2.75) is 0 Å². The van der Waals surface area contributed by atoms with Gasteiger partial charge in [0.1, 0.15) is 0 Å². The third kappa shape index (κ3) is 8.58. The predicted octanol–water partition coefficient (Wildman–Crippen LogP) is 1.83. The molecular weight excluding hydrogens is 369 g/mol. The maximum absolute atomic E-state index is 3.50. The molecule has 0 radical (unpaired) electrons. The van der Waals surface area contributed by atoms with E-state index in [4.69, 9.17) is 0 Å². The van der Waals surface area contributed by atoms with Crippen LogP contribution in [0.2, 0.25) is 0 Å². The zero-order valence-corrected chi connectivity index (χ0v) is 15.4. The summed E-state index contributed by atoms with van der Waals surface area (Å²) in [5, 5.41) is 0. The molecule has 0 fully saturated rings. The lowest BCUT2D eigenvalue weighted by Gasteiger charge is -1.87. The van der Waals surface area contributed by atoms with E-state index in [0.717, 1.165) is 0 Å². The van der Waals surface area contributed by atoms with Crippen LogP contribution in [-0.4, -0.2) is 41.9 Å². The Morgan fingerprint density at radius 3 is 1.06 bits per heavy atom. The number of halogens is 2. The van der Waals surface area contributed by atoms with Gasteiger partial charge >= 0.3 is 36.4 Å². The maximum Gasteiger partial charge on any atom is 0.506 e. The molecular formula is C12H12Br2Mg2O. The molecule has 2 aromatic rings. The highest BCUT2D eigenvalue weighted by Crippen LogP contribution is 1.83. The monoisotopic (exact) mass is 378 g/mol. The topological polar surface area (TPSA) is 31.5 Å². The average molecular weight is 381 g/mol. The first kappa shape index (κ1) is 17.9. The second-order valence-electron chi connectivity index (χ2n) is 3.24. The average Bonchev–Trinajstić information content (AvgIpc) is 2.41. The molecule has 1 nitrogen and oxygen atoms in total. The summed E-state index contributed by atoms with van der Waals surface area (Å²) in [4.78, 5) is 0. The fourth-order valence-corrected chi connectivity index (χ4v) is 4.28. The number of hydrogen-bond donors (Lipinski definition) is 0. The second-order valence-corrected chi connectivity index (χ2v) is 8.77. The third-order valence-electron chi connectivity index (χ3n) is 1.99. The van der Waals surface area contributed by atoms with Crippen molar-refractivity contribution in [3.63, 3.8) is 0 Å². The number of rotatable bonds is 2. The van der Waals surface area contributed by atoms with Gasteiger partial charge < -0.3 is 5.48 Å². The molecule has 2 aromatic carbocycles. The maximum atomic E-state index is 3.50. The Kier molecular flexibility index (Phi) is 12.6. The van der Waals surface area contributed by atoms with Crippen LogP contribution in [0.1, 0.15) is 0 Å². The summed E-state index contributed by atoms with van der Waals surface area (Å²) in [6, 6.07) is 21.0. The molecule has 0 aliphatic heterocycles. The molecule has 84 valence electrons. The van der Waals surface area contributed by atoms with Gasteiger partial charge in [-0.2, -0.15) is 7.39 Å². The summed E-state index contributed by atoms with van der Waals surface area (Å²) in [5.41, 5.74) is 0. The SMILES string of the molecule is O.[Br][Mg][c]1ccccc1.[Br][Mg][c]1ccccc1. The highest BCUT2D eigenvalue weighted by molar-refractivity contribution is 9.23. The van der Waals surface area contributed by atoms with Gasteiger partial charge in [-0.15, -0.1) is 0 Å². The zero-order valence-electron chi connectivity index (χ0n) is 9.44. The normalized spacial score (nSPS) is 7.65. The summed E-state index contributed by atoms with van der Waals surface area (Å²) >= 11 is 6.80. The first-order chi connectivity index (χ1) is 7.86. The summed E-state index contributed by atoms with van der Waals surface area (Å²) in [5.74, 6) is 0. The van der Waals surface area contributed by atoms with Gasteiger partial charge in [-0.1, -0.05) is 60.7 Å². The van der Waals surface area contributed by atoms with Gasteiger partial charge in [0.25, 0.3) is 0 Å². The molecule has 0 atom stereocenters. The third-order valence-corrected chi connectivity index (χ3v) is 7.44. The van der Waals surface area contributed by atoms with Crippen LogP contribution in [0.3, 0.4) is 0 Å². The van der Waals surface area contributed by atoms with Crippen molar-refractivity contribution in [2.24, 2.45) is 0 Å². The smallest absolute Gasteiger partial charge is 0.412 e. The van der Waals surface area contributed by atoms with Crippen molar-refractivity contribution in [2.75, 3.05) is 0 Å². The molecule has 0 aliphatic rings. The molecule has 0 saturated heterocycles. The quantitative estimate of drug-likeness (QED) is 0.712. The minimum Gasteiger partial charge on any atom is -0.412 e. The first-order valence-corrected chi connectivity index (χ1v) is 14.3. The number of hydrogen-bond acceptors (Lipinski definition) is 0. The lowest BCUT2D eigenvalue weighted by Crippen LogP contribution is -2.05. The standard InChI is InChI=1S/2C6H5.2BrH.2Mg.H2O/c2*1-2-4-6-5-3-1;;;;;/h2*1-5H;2*1H;;;1H2/q;;;;2*+1;/p-2. The summed E-state index contributed by atoms with van der Waals surface area (Å²) in [6.45, 7) is 0. The number of benzene rings is 2. The molecule has 5 heteroatoms. The second kappa shape index (κ2) is 12.0. The Labute approximate surface area is 134 Å². The molecule has 0 aromatic heterocycles. The van der Waals surface area contributed by atoms with E-state index >= 15 is 0 Å². The molecule has 2 N–H and O–H groups in total. The molecule has 0 bridgehead atoms. The minimum atomic E-state index is -0.0962. The zero-order chi connectivity index (χ0) is 11.6. The molecule has 0 aliphatic carbocycles. The van der Waals surface area contributed by atoms with E-state index < -0.39 is 0 Å². The summed E-state index contributed by atoms with van der Waals surface area (Å²) in [6.07, 6.45) is 0. The van der Waals surface area contributed by atoms with E-state index in [-0.39, 0.29) is 41.9 Å². The van der Waals surface area contributed by atoms with Gasteiger partial charge in [0.2, 0.25) is 0 Å². The Morgan fingerprint density at radius 1 is 0.588 bits per heavy atom. The highest BCUT2D eigenvalue weighted by Gasteiger charge is 1.89. The largest absolute Gasteiger partial charge is 0.506 e. The van der Waals surface area contributed by atoms with E-state index in [9.17, 15) is 0 Å². The van der Waals surface area contributed by atoms with Crippen LogP contribution in [0.5, 0.6) is 0 Å². The van der Waals surface area contributed by atoms with Gasteiger partial charge in [0.15, 0.2) is 0 Å². The van der Waals surface area contributed by atoms with Crippen molar-refractivity contribution in [1.82, 2.24) is 0 Å². The van der Waals surface area contributed by atoms with E-state index in [1.165, 1.54) is 7.39 Å². The highest BCUT2D eigenvalue weighted by atomic mass is 79.9. The van der Waals surface area contributed by atoms with Crippen LogP contribution < -0.4 is 7.39 Å². The van der Waals surface area contributed by atoms with Gasteiger partial charge in [-0.25, -0.2) is 0 Å². The van der Waals surface area contributed by atoms with Crippen LogP contribution >= 0.6 is 25.8 Å². The molecule has 17 heavy (non-hydrogen) atoms. The Hall–Kier alpha value is 0.892. The molecule has 0 amide bonds. The van der Waals surface area contributed by atoms with Crippen LogP contribution in [0.15, 0.2) is 60.7 Å². The van der Waals surface area contributed by atoms with Gasteiger partial charge in [-0.05, 0) is 0 Å². The van der Waals surface area contributed by atoms with Gasteiger partial charge in [-0.3, -0.25) is 25.8 Å². The van der Waals surface area contributed by atoms with E-state index in [1.54, 1.807) is 0 Å². The van der Waals surface area contributed by atoms with Crippen molar-refractivity contribution in [3.05, 3.63) is 60.7 Å². The first-order valence-electron chi connectivity index (χ1n) is 5.06. The van der Waals surface area contributed by atoms with Crippen LogP contribution in [0.25, 0.3) is 0 Å². The van der Waals surface area contributed by atoms with E-state index in [2.05, 4.69) is 74.3 Å². The lowest BCUT2D eigenvalue weighted by molar-refractivity contribution is 0.824. The summed E-state index contributed by atoms with van der Waals surface area (Å²) < 4.78 is 2.93. The van der Waals surface area contributed by atoms with Crippen molar-refractivity contribution < 1.29 is 5.48 Å². The molecule has 0 unspecified atom stereocenters. The molecule has 2 rings (SSSR count). The fourth-order valence-electron chi connectivity index (χ4n) is 1.13. The van der Waals surface area contributed by atoms with Gasteiger partial charge in [0.05, 0.1) is 0 Å². The lowest BCUT2D eigenvalue weighted by atomic mass is 10.4. The predicted molar refractivity (Wildman–Crippen MR) is 85.1 cm³/mol. The molecule has 0 spiro atoms. The van der Waals surface area contributed by atoms with Crippen LogP contribution in [0, 0.1) is 0 Å². The van der Waals surface area contributed by atoms with Gasteiger partial charge in [0, 0.05) is 0 Å². The Morgan fingerprint density at radius 2 is 0.882 bits per heavy atom. The van der Waals surface area contributed by atoms with E-state index in [0.29, 0.717) is 0 Å². The van der Waals surface area contributed by atoms with Crippen molar-refractivity contribution in [1.29, 1.82) is 0 Å². The molecule has 0 saturated carbocycles. The van der Waals surface area contributed by atoms with Crippen LogP contribution in [0.4, 0.5) is 0 Å². The molecule has 0 heterocycles. The van der Waals surface area contributed by atoms with Crippen molar-refractivity contribution in [3.8, 4) is 0 Å². The van der Waals surface area contributed by atoms with Crippen molar-refractivity contribution >= 4 is 69.5 Å². The van der Waals surface area contributed by atoms with Crippen LogP contribution in [-0.2, 0) is 0 Å².